The second kappa shape index (κ2) is 5.74. The lowest BCUT2D eigenvalue weighted by atomic mass is 10.0. The lowest BCUT2D eigenvalue weighted by molar-refractivity contribution is 0.0981. The van der Waals surface area contributed by atoms with Crippen molar-refractivity contribution < 1.29 is 14.3 Å². The van der Waals surface area contributed by atoms with Crippen molar-refractivity contribution in [2.75, 3.05) is 14.2 Å². The number of benzene rings is 1. The summed E-state index contributed by atoms with van der Waals surface area (Å²) < 4.78 is 10.0. The monoisotopic (exact) mass is 454 g/mol. The molecule has 0 fully saturated rings. The van der Waals surface area contributed by atoms with E-state index in [2.05, 4.69) is 47.8 Å². The van der Waals surface area contributed by atoms with Crippen LogP contribution in [0.25, 0.3) is 0 Å². The van der Waals surface area contributed by atoms with Gasteiger partial charge >= 0.3 is 0 Å². The molecule has 6 heteroatoms. The summed E-state index contributed by atoms with van der Waals surface area (Å²) in [5, 5.41) is 0. The molecule has 0 aromatic heterocycles. The van der Waals surface area contributed by atoms with E-state index in [0.717, 1.165) is 12.0 Å². The minimum Gasteiger partial charge on any atom is -0.493 e. The highest BCUT2D eigenvalue weighted by molar-refractivity contribution is 9.26. The molecule has 104 valence electrons. The molecule has 0 bridgehead atoms. The van der Waals surface area contributed by atoms with Gasteiger partial charge in [0.1, 0.15) is 3.23 Å². The zero-order chi connectivity index (χ0) is 14.2. The third-order valence-electron chi connectivity index (χ3n) is 3.19. The van der Waals surface area contributed by atoms with Crippen LogP contribution in [0.4, 0.5) is 0 Å². The summed E-state index contributed by atoms with van der Waals surface area (Å²) >= 11 is 10.6. The smallest absolute Gasteiger partial charge is 0.190 e. The van der Waals surface area contributed by atoms with Crippen LogP contribution in [0.5, 0.6) is 11.5 Å². The Balaban J connectivity index is 2.69. The van der Waals surface area contributed by atoms with Gasteiger partial charge in [-0.3, -0.25) is 4.79 Å². The first-order chi connectivity index (χ1) is 8.92. The van der Waals surface area contributed by atoms with Crippen LogP contribution in [0.1, 0.15) is 33.6 Å². The minimum absolute atomic E-state index is 0.00500. The van der Waals surface area contributed by atoms with Crippen molar-refractivity contribution in [1.82, 2.24) is 0 Å². The van der Waals surface area contributed by atoms with Crippen molar-refractivity contribution in [3.05, 3.63) is 23.3 Å². The topological polar surface area (TPSA) is 35.5 Å². The van der Waals surface area contributed by atoms with Gasteiger partial charge in [-0.1, -0.05) is 47.8 Å². The van der Waals surface area contributed by atoms with E-state index >= 15 is 0 Å². The first-order valence-corrected chi connectivity index (χ1v) is 8.24. The number of hydrogen-bond acceptors (Lipinski definition) is 3. The number of Topliss-reactive ketones (excluding diaryl/α,β-unsaturated/α-hetero) is 1. The number of fused-ring (bicyclic) bond motifs is 1. The van der Waals surface area contributed by atoms with Crippen LogP contribution in [-0.2, 0) is 0 Å². The molecule has 0 radical (unpaired) electrons. The van der Waals surface area contributed by atoms with Crippen molar-refractivity contribution >= 4 is 53.6 Å². The van der Waals surface area contributed by atoms with E-state index in [9.17, 15) is 4.79 Å². The summed E-state index contributed by atoms with van der Waals surface area (Å²) in [4.78, 5) is 12.6. The van der Waals surface area contributed by atoms with Gasteiger partial charge in [-0.05, 0) is 25.0 Å². The number of rotatable bonds is 2. The Morgan fingerprint density at radius 1 is 1.26 bits per heavy atom. The fourth-order valence-electron chi connectivity index (χ4n) is 2.22. The number of methoxy groups -OCH3 is 2. The summed E-state index contributed by atoms with van der Waals surface area (Å²) in [6, 6.07) is 3.55. The van der Waals surface area contributed by atoms with E-state index in [-0.39, 0.29) is 10.6 Å². The molecule has 1 aromatic carbocycles. The molecular weight excluding hydrogens is 444 g/mol. The highest BCUT2D eigenvalue weighted by Gasteiger charge is 2.40. The van der Waals surface area contributed by atoms with Gasteiger partial charge in [-0.15, -0.1) is 0 Å². The SMILES string of the molecule is COc1ccc2c(c1OC)C(Br)CCC(Br)(Br)C2=O. The average molecular weight is 457 g/mol. The van der Waals surface area contributed by atoms with Gasteiger partial charge < -0.3 is 9.47 Å². The third kappa shape index (κ3) is 2.72. The second-order valence-electron chi connectivity index (χ2n) is 4.30. The molecule has 1 atom stereocenters. The summed E-state index contributed by atoms with van der Waals surface area (Å²) in [5.74, 6) is 1.26. The van der Waals surface area contributed by atoms with Crippen LogP contribution in [0, 0.1) is 0 Å². The fraction of sp³-hybridized carbons (Fsp3) is 0.462. The molecular formula is C13H13Br3O3. The van der Waals surface area contributed by atoms with Crippen molar-refractivity contribution in [2.24, 2.45) is 0 Å². The first-order valence-electron chi connectivity index (χ1n) is 5.74. The van der Waals surface area contributed by atoms with Gasteiger partial charge in [0.05, 0.1) is 14.2 Å². The molecule has 3 nitrogen and oxygen atoms in total. The predicted molar refractivity (Wildman–Crippen MR) is 85.4 cm³/mol. The molecule has 0 spiro atoms. The molecule has 2 rings (SSSR count). The van der Waals surface area contributed by atoms with E-state index in [0.29, 0.717) is 23.5 Å². The Hall–Kier alpha value is -0.0700. The predicted octanol–water partition coefficient (Wildman–Crippen LogP) is 4.60. The van der Waals surface area contributed by atoms with Gasteiger partial charge in [-0.25, -0.2) is 0 Å². The highest BCUT2D eigenvalue weighted by atomic mass is 79.9. The zero-order valence-electron chi connectivity index (χ0n) is 10.5. The Kier molecular flexibility index (Phi) is 4.63. The molecule has 0 heterocycles. The largest absolute Gasteiger partial charge is 0.493 e. The van der Waals surface area contributed by atoms with Crippen LogP contribution in [0.3, 0.4) is 0 Å². The maximum absolute atomic E-state index is 12.6. The molecule has 1 aliphatic rings. The van der Waals surface area contributed by atoms with Crippen LogP contribution in [-0.4, -0.2) is 23.2 Å². The lowest BCUT2D eigenvalue weighted by Gasteiger charge is -2.18. The molecule has 1 unspecified atom stereocenters. The van der Waals surface area contributed by atoms with Gasteiger partial charge in [0.25, 0.3) is 0 Å². The van der Waals surface area contributed by atoms with Gasteiger partial charge in [0.15, 0.2) is 17.3 Å². The normalized spacial score (nSPS) is 21.5. The number of ketones is 1. The number of halogens is 3. The third-order valence-corrected chi connectivity index (χ3v) is 5.61. The Morgan fingerprint density at radius 2 is 1.95 bits per heavy atom. The zero-order valence-corrected chi connectivity index (χ0v) is 15.3. The molecule has 0 aliphatic heterocycles. The summed E-state index contributed by atoms with van der Waals surface area (Å²) in [6.07, 6.45) is 1.49. The first kappa shape index (κ1) is 15.3. The summed E-state index contributed by atoms with van der Waals surface area (Å²) in [6.45, 7) is 0. The number of alkyl halides is 3. The second-order valence-corrected chi connectivity index (χ2v) is 9.18. The number of carbonyl (C=O) groups is 1. The van der Waals surface area contributed by atoms with E-state index < -0.39 is 3.23 Å². The van der Waals surface area contributed by atoms with E-state index in [1.807, 2.05) is 0 Å². The van der Waals surface area contributed by atoms with Crippen LogP contribution < -0.4 is 9.47 Å². The molecule has 1 aliphatic carbocycles. The van der Waals surface area contributed by atoms with E-state index in [1.54, 1.807) is 26.4 Å². The molecule has 0 amide bonds. The maximum Gasteiger partial charge on any atom is 0.190 e. The molecule has 0 N–H and O–H groups in total. The van der Waals surface area contributed by atoms with E-state index in [4.69, 9.17) is 9.47 Å². The standard InChI is InChI=1S/C13H13Br3O3/c1-18-9-4-3-7-10(11(9)19-2)8(14)5-6-13(15,16)12(7)17/h3-4,8H,5-6H2,1-2H3. The fourth-order valence-corrected chi connectivity index (χ4v) is 3.79. The van der Waals surface area contributed by atoms with Crippen molar-refractivity contribution in [1.29, 1.82) is 0 Å². The van der Waals surface area contributed by atoms with Gasteiger partial charge in [0, 0.05) is 16.0 Å². The van der Waals surface area contributed by atoms with Crippen molar-refractivity contribution in [3.8, 4) is 11.5 Å². The summed E-state index contributed by atoms with van der Waals surface area (Å²) in [7, 11) is 3.17. The maximum atomic E-state index is 12.6. The van der Waals surface area contributed by atoms with E-state index in [1.165, 1.54) is 0 Å². The molecule has 0 saturated carbocycles. The molecule has 19 heavy (non-hydrogen) atoms. The van der Waals surface area contributed by atoms with Crippen molar-refractivity contribution in [3.63, 3.8) is 0 Å². The average Bonchev–Trinajstić information content (AvgIpc) is 2.49. The van der Waals surface area contributed by atoms with Crippen LogP contribution in [0.2, 0.25) is 0 Å². The van der Waals surface area contributed by atoms with Crippen molar-refractivity contribution in [2.45, 2.75) is 20.9 Å². The number of hydrogen-bond donors (Lipinski definition) is 0. The number of ether oxygens (including phenoxy) is 2. The Labute approximate surface area is 137 Å². The summed E-state index contributed by atoms with van der Waals surface area (Å²) in [5.41, 5.74) is 1.50. The van der Waals surface area contributed by atoms with Crippen LogP contribution in [0.15, 0.2) is 12.1 Å². The Bertz CT molecular complexity index is 514. The number of carbonyl (C=O) groups excluding carboxylic acids is 1. The minimum atomic E-state index is -0.711. The highest BCUT2D eigenvalue weighted by Crippen LogP contribution is 2.49. The molecule has 0 saturated heterocycles. The van der Waals surface area contributed by atoms with Crippen LogP contribution >= 0.6 is 47.8 Å². The van der Waals surface area contributed by atoms with Gasteiger partial charge in [0.2, 0.25) is 0 Å². The van der Waals surface area contributed by atoms with Gasteiger partial charge in [-0.2, -0.15) is 0 Å². The lowest BCUT2D eigenvalue weighted by Crippen LogP contribution is -2.23. The Morgan fingerprint density at radius 3 is 2.53 bits per heavy atom. The molecule has 1 aromatic rings. The quantitative estimate of drug-likeness (QED) is 0.482.